The monoisotopic (exact) mass is 325 g/mol. The zero-order chi connectivity index (χ0) is 17.9. The van der Waals surface area contributed by atoms with E-state index in [4.69, 9.17) is 5.73 Å². The molecular weight excluding hydrogens is 294 g/mol. The van der Waals surface area contributed by atoms with Crippen LogP contribution in [0.15, 0.2) is 30.3 Å². The Balaban J connectivity index is 0. The maximum atomic E-state index is 10.3. The lowest BCUT2D eigenvalue weighted by Crippen LogP contribution is -2.10. The van der Waals surface area contributed by atoms with E-state index in [1.807, 2.05) is 0 Å². The average molecular weight is 325 g/mol. The summed E-state index contributed by atoms with van der Waals surface area (Å²) < 4.78 is 8.97. The number of carbonyl (C=O) groups is 2. The van der Waals surface area contributed by atoms with Crippen molar-refractivity contribution >= 4 is 11.9 Å². The third-order valence-electron chi connectivity index (χ3n) is 2.38. The fourth-order valence-electron chi connectivity index (χ4n) is 1.49. The number of esters is 2. The second kappa shape index (κ2) is 18.2. The van der Waals surface area contributed by atoms with Crippen molar-refractivity contribution in [3.8, 4) is 0 Å². The number of hydrogen-bond acceptors (Lipinski definition) is 5. The first-order valence-electron chi connectivity index (χ1n) is 8.04. The summed E-state index contributed by atoms with van der Waals surface area (Å²) in [7, 11) is 0. The van der Waals surface area contributed by atoms with Crippen LogP contribution in [-0.4, -0.2) is 31.7 Å². The molecule has 0 aliphatic heterocycles. The Kier molecular flexibility index (Phi) is 18.5. The summed E-state index contributed by atoms with van der Waals surface area (Å²) in [4.78, 5) is 20.2. The molecule has 0 saturated heterocycles. The minimum atomic E-state index is -0.213. The molecule has 2 N–H and O–H groups in total. The molecule has 132 valence electrons. The molecule has 1 aromatic carbocycles. The molecule has 0 aliphatic rings. The molecule has 0 saturated carbocycles. The Morgan fingerprint density at radius 2 is 1.57 bits per heavy atom. The van der Waals surface area contributed by atoms with Crippen LogP contribution in [0.2, 0.25) is 0 Å². The first kappa shape index (κ1) is 23.4. The van der Waals surface area contributed by atoms with E-state index in [1.165, 1.54) is 25.3 Å². The molecule has 1 rings (SSSR count). The van der Waals surface area contributed by atoms with Crippen molar-refractivity contribution in [2.75, 3.05) is 19.8 Å². The predicted molar refractivity (Wildman–Crippen MR) is 93.0 cm³/mol. The Labute approximate surface area is 140 Å². The predicted octanol–water partition coefficient (Wildman–Crippen LogP) is 3.11. The van der Waals surface area contributed by atoms with Crippen LogP contribution in [0.1, 0.15) is 46.1 Å². The second-order valence-corrected chi connectivity index (χ2v) is 4.50. The first-order valence-corrected chi connectivity index (χ1v) is 8.04. The maximum absolute atomic E-state index is 10.3. The van der Waals surface area contributed by atoms with Crippen LogP contribution in [0.25, 0.3) is 0 Å². The summed E-state index contributed by atoms with van der Waals surface area (Å²) >= 11 is 0. The fourth-order valence-corrected chi connectivity index (χ4v) is 1.49. The van der Waals surface area contributed by atoms with E-state index in [9.17, 15) is 9.59 Å². The number of ether oxygens (including phenoxy) is 2. The van der Waals surface area contributed by atoms with Gasteiger partial charge in [0.2, 0.25) is 0 Å². The van der Waals surface area contributed by atoms with Gasteiger partial charge in [0.25, 0.3) is 0 Å². The highest BCUT2D eigenvalue weighted by atomic mass is 16.5. The van der Waals surface area contributed by atoms with Crippen molar-refractivity contribution in [1.82, 2.24) is 0 Å². The van der Waals surface area contributed by atoms with Crippen molar-refractivity contribution in [3.05, 3.63) is 35.9 Å². The molecule has 0 atom stereocenters. The van der Waals surface area contributed by atoms with Crippen molar-refractivity contribution in [1.29, 1.82) is 0 Å². The second-order valence-electron chi connectivity index (χ2n) is 4.50. The SMILES string of the molecule is CCCc1ccccc1.CCOC(=O)CCN.CCOC(C)=O. The summed E-state index contributed by atoms with van der Waals surface area (Å²) in [6.07, 6.45) is 2.78. The molecular formula is C18H31NO4. The number of benzene rings is 1. The highest BCUT2D eigenvalue weighted by molar-refractivity contribution is 5.69. The molecule has 0 aliphatic carbocycles. The van der Waals surface area contributed by atoms with Gasteiger partial charge in [-0.1, -0.05) is 43.7 Å². The van der Waals surface area contributed by atoms with Gasteiger partial charge in [-0.2, -0.15) is 0 Å². The largest absolute Gasteiger partial charge is 0.466 e. The van der Waals surface area contributed by atoms with E-state index in [-0.39, 0.29) is 11.9 Å². The summed E-state index contributed by atoms with van der Waals surface area (Å²) in [5.41, 5.74) is 6.50. The molecule has 0 unspecified atom stereocenters. The van der Waals surface area contributed by atoms with E-state index >= 15 is 0 Å². The van der Waals surface area contributed by atoms with Crippen LogP contribution in [0.5, 0.6) is 0 Å². The number of rotatable bonds is 6. The first-order chi connectivity index (χ1) is 11.0. The van der Waals surface area contributed by atoms with Crippen LogP contribution >= 0.6 is 0 Å². The van der Waals surface area contributed by atoms with Gasteiger partial charge < -0.3 is 15.2 Å². The van der Waals surface area contributed by atoms with Gasteiger partial charge in [0, 0.05) is 13.5 Å². The van der Waals surface area contributed by atoms with Crippen molar-refractivity contribution in [2.45, 2.75) is 47.0 Å². The molecule has 0 aromatic heterocycles. The summed E-state index contributed by atoms with van der Waals surface area (Å²) in [6.45, 7) is 8.44. The van der Waals surface area contributed by atoms with Crippen LogP contribution in [-0.2, 0) is 25.5 Å². The van der Waals surface area contributed by atoms with Gasteiger partial charge in [-0.05, 0) is 25.8 Å². The number of hydrogen-bond donors (Lipinski definition) is 1. The Morgan fingerprint density at radius 3 is 1.91 bits per heavy atom. The van der Waals surface area contributed by atoms with Crippen LogP contribution in [0.4, 0.5) is 0 Å². The minimum Gasteiger partial charge on any atom is -0.466 e. The number of aryl methyl sites for hydroxylation is 1. The molecule has 0 spiro atoms. The average Bonchev–Trinajstić information content (AvgIpc) is 2.50. The van der Waals surface area contributed by atoms with Gasteiger partial charge in [0.1, 0.15) is 0 Å². The van der Waals surface area contributed by atoms with E-state index < -0.39 is 0 Å². The van der Waals surface area contributed by atoms with E-state index in [0.717, 1.165) is 0 Å². The van der Waals surface area contributed by atoms with Crippen LogP contribution < -0.4 is 5.73 Å². The van der Waals surface area contributed by atoms with Crippen molar-refractivity contribution in [3.63, 3.8) is 0 Å². The maximum Gasteiger partial charge on any atom is 0.307 e. The Morgan fingerprint density at radius 1 is 1.00 bits per heavy atom. The zero-order valence-corrected chi connectivity index (χ0v) is 14.8. The van der Waals surface area contributed by atoms with Crippen LogP contribution in [0.3, 0.4) is 0 Å². The van der Waals surface area contributed by atoms with Crippen molar-refractivity contribution < 1.29 is 19.1 Å². The molecule has 5 nitrogen and oxygen atoms in total. The molecule has 0 bridgehead atoms. The van der Waals surface area contributed by atoms with Gasteiger partial charge in [-0.25, -0.2) is 0 Å². The quantitative estimate of drug-likeness (QED) is 0.813. The molecule has 1 aromatic rings. The topological polar surface area (TPSA) is 78.6 Å². The third-order valence-corrected chi connectivity index (χ3v) is 2.38. The molecule has 23 heavy (non-hydrogen) atoms. The van der Waals surface area contributed by atoms with Gasteiger partial charge >= 0.3 is 11.9 Å². The molecule has 0 radical (unpaired) electrons. The molecule has 0 heterocycles. The zero-order valence-electron chi connectivity index (χ0n) is 14.8. The summed E-state index contributed by atoms with van der Waals surface area (Å²) in [5, 5.41) is 0. The van der Waals surface area contributed by atoms with Crippen molar-refractivity contribution in [2.24, 2.45) is 5.73 Å². The van der Waals surface area contributed by atoms with Gasteiger partial charge in [0.05, 0.1) is 19.6 Å². The number of nitrogens with two attached hydrogens (primary N) is 1. The standard InChI is InChI=1S/C9H12.C5H11NO2.C4H8O2/c1-2-6-9-7-4-3-5-8-9;1-2-8-5(7)3-4-6;1-3-6-4(2)5/h3-5,7-8H,2,6H2,1H3;2-4,6H2,1H3;3H2,1-2H3. The number of carbonyl (C=O) groups excluding carboxylic acids is 2. The minimum absolute atomic E-state index is 0.211. The van der Waals surface area contributed by atoms with E-state index in [2.05, 4.69) is 46.7 Å². The summed E-state index contributed by atoms with van der Waals surface area (Å²) in [5.74, 6) is -0.424. The molecule has 0 amide bonds. The molecule has 0 fully saturated rings. The third kappa shape index (κ3) is 20.1. The smallest absolute Gasteiger partial charge is 0.307 e. The van der Waals surface area contributed by atoms with Crippen LogP contribution in [0, 0.1) is 0 Å². The fraction of sp³-hybridized carbons (Fsp3) is 0.556. The lowest BCUT2D eigenvalue weighted by atomic mass is 10.1. The van der Waals surface area contributed by atoms with Gasteiger partial charge in [0.15, 0.2) is 0 Å². The molecule has 5 heteroatoms. The van der Waals surface area contributed by atoms with Gasteiger partial charge in [-0.15, -0.1) is 0 Å². The van der Waals surface area contributed by atoms with E-state index in [0.29, 0.717) is 26.2 Å². The normalized spacial score (nSPS) is 8.74. The lowest BCUT2D eigenvalue weighted by Gasteiger charge is -1.96. The highest BCUT2D eigenvalue weighted by Crippen LogP contribution is 2.00. The van der Waals surface area contributed by atoms with Gasteiger partial charge in [-0.3, -0.25) is 9.59 Å². The lowest BCUT2D eigenvalue weighted by molar-refractivity contribution is -0.143. The summed E-state index contributed by atoms with van der Waals surface area (Å²) in [6, 6.07) is 10.6. The highest BCUT2D eigenvalue weighted by Gasteiger charge is 1.95. The van der Waals surface area contributed by atoms with E-state index in [1.54, 1.807) is 13.8 Å². The Bertz CT molecular complexity index is 385. The Hall–Kier alpha value is -1.88.